The van der Waals surface area contributed by atoms with Gasteiger partial charge in [-0.2, -0.15) is 0 Å². The molecule has 0 aliphatic carbocycles. The molecule has 0 bridgehead atoms. The molecule has 0 radical (unpaired) electrons. The van der Waals surface area contributed by atoms with Crippen LogP contribution in [-0.4, -0.2) is 20.2 Å². The molecule has 0 unspecified atom stereocenters. The second-order valence-electron chi connectivity index (χ2n) is 4.06. The van der Waals surface area contributed by atoms with Crippen molar-refractivity contribution in [2.75, 3.05) is 25.1 Å². The molecule has 3 nitrogen and oxygen atoms in total. The largest absolute Gasteiger partial charge is 0.374 e. The van der Waals surface area contributed by atoms with Gasteiger partial charge in [-0.25, -0.2) is 5.90 Å². The lowest BCUT2D eigenvalue weighted by Crippen LogP contribution is -2.25. The van der Waals surface area contributed by atoms with E-state index in [0.29, 0.717) is 6.61 Å². The van der Waals surface area contributed by atoms with Gasteiger partial charge < -0.3 is 9.74 Å². The molecule has 1 aromatic carbocycles. The highest BCUT2D eigenvalue weighted by Crippen LogP contribution is 2.28. The molecule has 0 atom stereocenters. The summed E-state index contributed by atoms with van der Waals surface area (Å²) in [6, 6.07) is 6.49. The maximum Gasteiger partial charge on any atom is 0.0719 e. The number of rotatable bonds is 3. The number of benzene rings is 1. The molecule has 0 fully saturated rings. The van der Waals surface area contributed by atoms with E-state index in [0.717, 1.165) is 13.0 Å². The molecule has 0 spiro atoms. The second kappa shape index (κ2) is 4.64. The minimum atomic E-state index is 0.597. The molecule has 0 amide bonds. The summed E-state index contributed by atoms with van der Waals surface area (Å²) >= 11 is 0. The molecule has 2 rings (SSSR count). The van der Waals surface area contributed by atoms with Gasteiger partial charge in [0, 0.05) is 19.3 Å². The average Bonchev–Trinajstić information content (AvgIpc) is 2.27. The van der Waals surface area contributed by atoms with E-state index in [9.17, 15) is 0 Å². The van der Waals surface area contributed by atoms with Crippen molar-refractivity contribution >= 4 is 5.69 Å². The standard InChI is InChI=1S/C12H18N2O/c1-14-8-3-5-11-10(7-9-15-13)4-2-6-12(11)14/h2,4,6H,3,5,7-9,13H2,1H3. The molecule has 0 aromatic heterocycles. The Morgan fingerprint density at radius 3 is 3.13 bits per heavy atom. The zero-order chi connectivity index (χ0) is 10.7. The third-order valence-electron chi connectivity index (χ3n) is 3.07. The highest BCUT2D eigenvalue weighted by molar-refractivity contribution is 5.58. The number of hydrogen-bond acceptors (Lipinski definition) is 3. The van der Waals surface area contributed by atoms with E-state index in [1.54, 1.807) is 0 Å². The normalized spacial score (nSPS) is 15.2. The molecular formula is C12H18N2O. The monoisotopic (exact) mass is 206 g/mol. The van der Waals surface area contributed by atoms with Gasteiger partial charge in [-0.3, -0.25) is 0 Å². The van der Waals surface area contributed by atoms with Gasteiger partial charge in [0.15, 0.2) is 0 Å². The van der Waals surface area contributed by atoms with Crippen LogP contribution in [0.25, 0.3) is 0 Å². The van der Waals surface area contributed by atoms with Crippen molar-refractivity contribution < 1.29 is 4.84 Å². The molecule has 1 aliphatic rings. The van der Waals surface area contributed by atoms with Gasteiger partial charge >= 0.3 is 0 Å². The lowest BCUT2D eigenvalue weighted by Gasteiger charge is -2.29. The van der Waals surface area contributed by atoms with Crippen LogP contribution in [-0.2, 0) is 17.7 Å². The Labute approximate surface area is 90.8 Å². The van der Waals surface area contributed by atoms with Crippen LogP contribution in [0.4, 0.5) is 5.69 Å². The minimum absolute atomic E-state index is 0.597. The number of anilines is 1. The van der Waals surface area contributed by atoms with Crippen LogP contribution in [0, 0.1) is 0 Å². The van der Waals surface area contributed by atoms with Gasteiger partial charge in [-0.1, -0.05) is 12.1 Å². The fraction of sp³-hybridized carbons (Fsp3) is 0.500. The Hall–Kier alpha value is -1.06. The number of fused-ring (bicyclic) bond motifs is 1. The molecule has 15 heavy (non-hydrogen) atoms. The number of nitrogens with zero attached hydrogens (tertiary/aromatic N) is 1. The van der Waals surface area contributed by atoms with Crippen molar-refractivity contribution in [1.82, 2.24) is 0 Å². The summed E-state index contributed by atoms with van der Waals surface area (Å²) in [5.74, 6) is 5.07. The predicted molar refractivity (Wildman–Crippen MR) is 61.9 cm³/mol. The molecule has 1 aromatic rings. The van der Waals surface area contributed by atoms with E-state index in [-0.39, 0.29) is 0 Å². The first kappa shape index (κ1) is 10.5. The first-order valence-electron chi connectivity index (χ1n) is 5.46. The first-order valence-corrected chi connectivity index (χ1v) is 5.46. The highest BCUT2D eigenvalue weighted by Gasteiger charge is 2.15. The predicted octanol–water partition coefficient (Wildman–Crippen LogP) is 1.50. The number of hydrogen-bond donors (Lipinski definition) is 1. The Morgan fingerprint density at radius 1 is 1.47 bits per heavy atom. The Balaban J connectivity index is 2.27. The van der Waals surface area contributed by atoms with Crippen molar-refractivity contribution in [3.05, 3.63) is 29.3 Å². The summed E-state index contributed by atoms with van der Waals surface area (Å²) in [6.07, 6.45) is 3.33. The van der Waals surface area contributed by atoms with Crippen LogP contribution in [0.2, 0.25) is 0 Å². The van der Waals surface area contributed by atoms with Gasteiger partial charge in [0.2, 0.25) is 0 Å². The van der Waals surface area contributed by atoms with Gasteiger partial charge in [0.1, 0.15) is 0 Å². The van der Waals surface area contributed by atoms with Crippen LogP contribution in [0.5, 0.6) is 0 Å². The van der Waals surface area contributed by atoms with Crippen LogP contribution in [0.3, 0.4) is 0 Å². The van der Waals surface area contributed by atoms with E-state index in [4.69, 9.17) is 5.90 Å². The van der Waals surface area contributed by atoms with Gasteiger partial charge in [0.05, 0.1) is 6.61 Å². The van der Waals surface area contributed by atoms with Crippen molar-refractivity contribution in [2.45, 2.75) is 19.3 Å². The first-order chi connectivity index (χ1) is 7.33. The van der Waals surface area contributed by atoms with Crippen molar-refractivity contribution in [1.29, 1.82) is 0 Å². The summed E-state index contributed by atoms with van der Waals surface area (Å²) in [7, 11) is 2.15. The summed E-state index contributed by atoms with van der Waals surface area (Å²) in [4.78, 5) is 6.98. The van der Waals surface area contributed by atoms with Crippen molar-refractivity contribution in [3.63, 3.8) is 0 Å². The Bertz CT molecular complexity index is 338. The summed E-state index contributed by atoms with van der Waals surface area (Å²) in [5.41, 5.74) is 4.23. The van der Waals surface area contributed by atoms with Gasteiger partial charge in [-0.05, 0) is 36.5 Å². The van der Waals surface area contributed by atoms with Gasteiger partial charge in [-0.15, -0.1) is 0 Å². The molecule has 1 aliphatic heterocycles. The van der Waals surface area contributed by atoms with Crippen LogP contribution in [0.1, 0.15) is 17.5 Å². The van der Waals surface area contributed by atoms with Crippen LogP contribution < -0.4 is 10.8 Å². The SMILES string of the molecule is CN1CCCc2c(CCON)cccc21. The zero-order valence-corrected chi connectivity index (χ0v) is 9.20. The molecule has 2 N–H and O–H groups in total. The van der Waals surface area contributed by atoms with Gasteiger partial charge in [0.25, 0.3) is 0 Å². The van der Waals surface area contributed by atoms with Crippen molar-refractivity contribution in [2.24, 2.45) is 5.90 Å². The van der Waals surface area contributed by atoms with Crippen LogP contribution >= 0.6 is 0 Å². The highest BCUT2D eigenvalue weighted by atomic mass is 16.6. The van der Waals surface area contributed by atoms with E-state index >= 15 is 0 Å². The fourth-order valence-corrected chi connectivity index (χ4v) is 2.28. The molecule has 0 saturated carbocycles. The quantitative estimate of drug-likeness (QED) is 0.762. The van der Waals surface area contributed by atoms with E-state index in [2.05, 4.69) is 35.0 Å². The molecule has 82 valence electrons. The summed E-state index contributed by atoms with van der Waals surface area (Å²) in [5, 5.41) is 0. The maximum absolute atomic E-state index is 5.07. The van der Waals surface area contributed by atoms with E-state index in [1.807, 2.05) is 0 Å². The average molecular weight is 206 g/mol. The van der Waals surface area contributed by atoms with Crippen LogP contribution in [0.15, 0.2) is 18.2 Å². The Morgan fingerprint density at radius 2 is 2.33 bits per heavy atom. The summed E-state index contributed by atoms with van der Waals surface area (Å²) < 4.78 is 0. The third kappa shape index (κ3) is 2.13. The lowest BCUT2D eigenvalue weighted by molar-refractivity contribution is 0.141. The molecule has 0 saturated heterocycles. The van der Waals surface area contributed by atoms with Crippen molar-refractivity contribution in [3.8, 4) is 0 Å². The van der Waals surface area contributed by atoms with E-state index < -0.39 is 0 Å². The lowest BCUT2D eigenvalue weighted by atomic mass is 9.95. The van der Waals surface area contributed by atoms with E-state index in [1.165, 1.54) is 29.7 Å². The molecule has 3 heteroatoms. The third-order valence-corrected chi connectivity index (χ3v) is 3.07. The molecule has 1 heterocycles. The smallest absolute Gasteiger partial charge is 0.0719 e. The fourth-order valence-electron chi connectivity index (χ4n) is 2.28. The number of nitrogens with two attached hydrogens (primary N) is 1. The summed E-state index contributed by atoms with van der Waals surface area (Å²) in [6.45, 7) is 1.75. The maximum atomic E-state index is 5.07. The minimum Gasteiger partial charge on any atom is -0.374 e. The second-order valence-corrected chi connectivity index (χ2v) is 4.06. The zero-order valence-electron chi connectivity index (χ0n) is 9.20. The molecular weight excluding hydrogens is 188 g/mol. The Kier molecular flexibility index (Phi) is 3.23. The topological polar surface area (TPSA) is 38.5 Å².